The third kappa shape index (κ3) is 5.05. The third-order valence-electron chi connectivity index (χ3n) is 1.54. The molecule has 13 heavy (non-hydrogen) atoms. The lowest BCUT2D eigenvalue weighted by molar-refractivity contribution is -0.139. The SMILES string of the molecule is CNC(=O)NC(CC(C)C)C(=O)O. The first kappa shape index (κ1) is 11.7. The van der Waals surface area contributed by atoms with E-state index in [0.29, 0.717) is 6.42 Å². The topological polar surface area (TPSA) is 78.4 Å². The second kappa shape index (κ2) is 5.40. The maximum absolute atomic E-state index is 10.8. The van der Waals surface area contributed by atoms with Gasteiger partial charge in [0.25, 0.3) is 0 Å². The van der Waals surface area contributed by atoms with Gasteiger partial charge in [0.2, 0.25) is 0 Å². The van der Waals surface area contributed by atoms with Crippen molar-refractivity contribution in [1.82, 2.24) is 10.6 Å². The van der Waals surface area contributed by atoms with Gasteiger partial charge in [0, 0.05) is 7.05 Å². The molecule has 0 saturated carbocycles. The molecule has 2 amide bonds. The predicted molar refractivity (Wildman–Crippen MR) is 48.5 cm³/mol. The number of aliphatic carboxylic acids is 1. The number of rotatable bonds is 4. The van der Waals surface area contributed by atoms with Crippen LogP contribution < -0.4 is 10.6 Å². The van der Waals surface area contributed by atoms with E-state index in [-0.39, 0.29) is 5.92 Å². The molecule has 0 rings (SSSR count). The molecule has 0 spiro atoms. The second-order valence-electron chi connectivity index (χ2n) is 3.24. The van der Waals surface area contributed by atoms with Crippen LogP contribution in [0.4, 0.5) is 4.79 Å². The molecule has 5 nitrogen and oxygen atoms in total. The van der Waals surface area contributed by atoms with Crippen LogP contribution in [0.15, 0.2) is 0 Å². The van der Waals surface area contributed by atoms with Crippen LogP contribution in [0.3, 0.4) is 0 Å². The van der Waals surface area contributed by atoms with Crippen LogP contribution in [0.1, 0.15) is 20.3 Å². The standard InChI is InChI=1S/C8H16N2O3/c1-5(2)4-6(7(11)12)10-8(13)9-3/h5-6H,4H2,1-3H3,(H,11,12)(H2,9,10,13). The van der Waals surface area contributed by atoms with E-state index in [1.807, 2.05) is 13.8 Å². The smallest absolute Gasteiger partial charge is 0.326 e. The summed E-state index contributed by atoms with van der Waals surface area (Å²) in [5, 5.41) is 13.4. The fourth-order valence-electron chi connectivity index (χ4n) is 0.923. The third-order valence-corrected chi connectivity index (χ3v) is 1.54. The lowest BCUT2D eigenvalue weighted by Crippen LogP contribution is -2.45. The molecule has 0 saturated heterocycles. The molecule has 0 fully saturated rings. The molecule has 3 N–H and O–H groups in total. The van der Waals surface area contributed by atoms with E-state index < -0.39 is 18.0 Å². The zero-order chi connectivity index (χ0) is 10.4. The van der Waals surface area contributed by atoms with Gasteiger partial charge >= 0.3 is 12.0 Å². The van der Waals surface area contributed by atoms with Crippen molar-refractivity contribution in [2.24, 2.45) is 5.92 Å². The number of amides is 2. The molecular weight excluding hydrogens is 172 g/mol. The van der Waals surface area contributed by atoms with Gasteiger partial charge in [0.1, 0.15) is 6.04 Å². The summed E-state index contributed by atoms with van der Waals surface area (Å²) in [6.45, 7) is 3.81. The average molecular weight is 188 g/mol. The minimum atomic E-state index is -1.00. The Morgan fingerprint density at radius 1 is 1.38 bits per heavy atom. The maximum Gasteiger partial charge on any atom is 0.326 e. The molecular formula is C8H16N2O3. The Morgan fingerprint density at radius 2 is 1.92 bits per heavy atom. The molecule has 5 heteroatoms. The Labute approximate surface area is 77.5 Å². The molecule has 0 aliphatic heterocycles. The molecule has 0 aliphatic rings. The summed E-state index contributed by atoms with van der Waals surface area (Å²) in [5.74, 6) is -0.768. The van der Waals surface area contributed by atoms with Crippen molar-refractivity contribution >= 4 is 12.0 Å². The normalized spacial score (nSPS) is 12.3. The van der Waals surface area contributed by atoms with Crippen LogP contribution >= 0.6 is 0 Å². The molecule has 0 aromatic heterocycles. The Hall–Kier alpha value is -1.26. The lowest BCUT2D eigenvalue weighted by Gasteiger charge is -2.15. The van der Waals surface area contributed by atoms with E-state index in [0.717, 1.165) is 0 Å². The Kier molecular flexibility index (Phi) is 4.87. The molecule has 1 unspecified atom stereocenters. The molecule has 0 radical (unpaired) electrons. The van der Waals surface area contributed by atoms with Crippen molar-refractivity contribution in [2.45, 2.75) is 26.3 Å². The largest absolute Gasteiger partial charge is 0.480 e. The van der Waals surface area contributed by atoms with Crippen LogP contribution in [0.25, 0.3) is 0 Å². The number of carbonyl (C=O) groups is 2. The van der Waals surface area contributed by atoms with E-state index in [1.54, 1.807) is 0 Å². The summed E-state index contributed by atoms with van der Waals surface area (Å²) >= 11 is 0. The maximum atomic E-state index is 10.8. The van der Waals surface area contributed by atoms with Crippen molar-refractivity contribution in [2.75, 3.05) is 7.05 Å². The summed E-state index contributed by atoms with van der Waals surface area (Å²) < 4.78 is 0. The highest BCUT2D eigenvalue weighted by Crippen LogP contribution is 2.04. The van der Waals surface area contributed by atoms with Crippen molar-refractivity contribution in [3.63, 3.8) is 0 Å². The second-order valence-corrected chi connectivity index (χ2v) is 3.24. The minimum Gasteiger partial charge on any atom is -0.480 e. The summed E-state index contributed by atoms with van der Waals surface area (Å²) in [5.41, 5.74) is 0. The van der Waals surface area contributed by atoms with Crippen molar-refractivity contribution in [3.05, 3.63) is 0 Å². The molecule has 76 valence electrons. The summed E-state index contributed by atoms with van der Waals surface area (Å²) in [4.78, 5) is 21.5. The van der Waals surface area contributed by atoms with Crippen molar-refractivity contribution in [3.8, 4) is 0 Å². The van der Waals surface area contributed by atoms with Crippen LogP contribution in [0.2, 0.25) is 0 Å². The van der Waals surface area contributed by atoms with Crippen LogP contribution in [0.5, 0.6) is 0 Å². The quantitative estimate of drug-likeness (QED) is 0.598. The number of nitrogens with one attached hydrogen (secondary N) is 2. The average Bonchev–Trinajstić information content (AvgIpc) is 2.02. The molecule has 1 atom stereocenters. The first-order chi connectivity index (χ1) is 5.97. The van der Waals surface area contributed by atoms with Gasteiger partial charge in [-0.1, -0.05) is 13.8 Å². The highest BCUT2D eigenvalue weighted by Gasteiger charge is 2.20. The molecule has 0 bridgehead atoms. The highest BCUT2D eigenvalue weighted by molar-refractivity contribution is 5.82. The zero-order valence-electron chi connectivity index (χ0n) is 8.13. The number of hydrogen-bond donors (Lipinski definition) is 3. The molecule has 0 aliphatic carbocycles. The Morgan fingerprint density at radius 3 is 2.23 bits per heavy atom. The van der Waals surface area contributed by atoms with Gasteiger partial charge in [-0.3, -0.25) is 0 Å². The number of carboxylic acid groups (broad SMARTS) is 1. The number of hydrogen-bond acceptors (Lipinski definition) is 2. The molecule has 0 heterocycles. The first-order valence-corrected chi connectivity index (χ1v) is 4.18. The zero-order valence-corrected chi connectivity index (χ0v) is 8.13. The van der Waals surface area contributed by atoms with Gasteiger partial charge in [0.15, 0.2) is 0 Å². The predicted octanol–water partition coefficient (Wildman–Crippen LogP) is 0.415. The Bertz CT molecular complexity index is 192. The highest BCUT2D eigenvalue weighted by atomic mass is 16.4. The van der Waals surface area contributed by atoms with E-state index in [2.05, 4.69) is 10.6 Å². The summed E-state index contributed by atoms with van der Waals surface area (Å²) in [6.07, 6.45) is 0.433. The van der Waals surface area contributed by atoms with Gasteiger partial charge in [-0.25, -0.2) is 9.59 Å². The fourth-order valence-corrected chi connectivity index (χ4v) is 0.923. The van der Waals surface area contributed by atoms with Gasteiger partial charge in [-0.05, 0) is 12.3 Å². The van der Waals surface area contributed by atoms with Crippen LogP contribution in [-0.2, 0) is 4.79 Å². The summed E-state index contributed by atoms with van der Waals surface area (Å²) in [6, 6.07) is -1.27. The van der Waals surface area contributed by atoms with Gasteiger partial charge in [-0.2, -0.15) is 0 Å². The van der Waals surface area contributed by atoms with E-state index in [4.69, 9.17) is 5.11 Å². The van der Waals surface area contributed by atoms with Gasteiger partial charge in [0.05, 0.1) is 0 Å². The lowest BCUT2D eigenvalue weighted by atomic mass is 10.0. The van der Waals surface area contributed by atoms with E-state index in [9.17, 15) is 9.59 Å². The van der Waals surface area contributed by atoms with Gasteiger partial charge < -0.3 is 15.7 Å². The van der Waals surface area contributed by atoms with Crippen LogP contribution in [-0.4, -0.2) is 30.2 Å². The fraction of sp³-hybridized carbons (Fsp3) is 0.750. The number of carboxylic acids is 1. The monoisotopic (exact) mass is 188 g/mol. The number of carbonyl (C=O) groups excluding carboxylic acids is 1. The van der Waals surface area contributed by atoms with Crippen molar-refractivity contribution in [1.29, 1.82) is 0 Å². The van der Waals surface area contributed by atoms with Crippen molar-refractivity contribution < 1.29 is 14.7 Å². The number of urea groups is 1. The minimum absolute atomic E-state index is 0.234. The molecule has 0 aromatic carbocycles. The van der Waals surface area contributed by atoms with E-state index in [1.165, 1.54) is 7.05 Å². The first-order valence-electron chi connectivity index (χ1n) is 4.18. The summed E-state index contributed by atoms with van der Waals surface area (Å²) in [7, 11) is 1.45. The van der Waals surface area contributed by atoms with Crippen LogP contribution in [0, 0.1) is 5.92 Å². The van der Waals surface area contributed by atoms with Gasteiger partial charge in [-0.15, -0.1) is 0 Å². The Balaban J connectivity index is 4.10. The van der Waals surface area contributed by atoms with E-state index >= 15 is 0 Å². The molecule has 0 aromatic rings.